The highest BCUT2D eigenvalue weighted by Crippen LogP contribution is 1.46. The largest absolute Gasteiger partial charge is 0.211 e. The van der Waals surface area contributed by atoms with Crippen molar-refractivity contribution in [1.29, 1.82) is 0 Å². The van der Waals surface area contributed by atoms with E-state index < -0.39 is 0 Å². The summed E-state index contributed by atoms with van der Waals surface area (Å²) < 4.78 is 9.03. The van der Waals surface area contributed by atoms with Gasteiger partial charge in [-0.2, -0.15) is 0 Å². The monoisotopic (exact) mass is 95.9 g/mol. The third-order valence-electron chi connectivity index (χ3n) is 0.0364. The second-order valence-electron chi connectivity index (χ2n) is 0.185. The Balaban J connectivity index is 3.11. The van der Waals surface area contributed by atoms with Crippen LogP contribution in [0.25, 0.3) is 0 Å². The molecule has 0 atom stereocenters. The zero-order valence-corrected chi connectivity index (χ0v) is 3.34. The number of hydrogen-bond acceptors (Lipinski definition) is 1. The van der Waals surface area contributed by atoms with Crippen molar-refractivity contribution in [3.63, 3.8) is 0 Å². The van der Waals surface area contributed by atoms with Crippen LogP contribution < -0.4 is 0 Å². The van der Waals surface area contributed by atoms with Gasteiger partial charge in [0.15, 0.2) is 0 Å². The Kier molecular flexibility index (Phi) is 3.32. The smallest absolute Gasteiger partial charge is 0.101 e. The Hall–Kier alpha value is 0.180. The molecule has 0 aliphatic heterocycles. The van der Waals surface area contributed by atoms with Gasteiger partial charge < -0.3 is 0 Å². The van der Waals surface area contributed by atoms with Gasteiger partial charge in [-0.25, -0.2) is 4.21 Å². The summed E-state index contributed by atoms with van der Waals surface area (Å²) in [6.07, 6.45) is 0. The fourth-order valence-electron chi connectivity index (χ4n) is 0. The standard InChI is InChI=1S/CHClOS/c2-1-4-3/h1H. The zero-order valence-electron chi connectivity index (χ0n) is 1.77. The van der Waals surface area contributed by atoms with E-state index in [1.807, 2.05) is 0 Å². The molecule has 0 aromatic heterocycles. The Morgan fingerprint density at radius 3 is 2.25 bits per heavy atom. The molecule has 0 aliphatic carbocycles. The minimum Gasteiger partial charge on any atom is -0.211 e. The molecule has 3 heteroatoms. The van der Waals surface area contributed by atoms with Crippen molar-refractivity contribution in [2.45, 2.75) is 0 Å². The van der Waals surface area contributed by atoms with Crippen LogP contribution in [0.1, 0.15) is 0 Å². The average molecular weight is 96.5 g/mol. The minimum atomic E-state index is 0.247. The van der Waals surface area contributed by atoms with Crippen LogP contribution in [-0.4, -0.2) is 9.04 Å². The van der Waals surface area contributed by atoms with Crippen molar-refractivity contribution in [3.05, 3.63) is 0 Å². The van der Waals surface area contributed by atoms with Crippen LogP contribution in [0, 0.1) is 0 Å². The van der Waals surface area contributed by atoms with Gasteiger partial charge in [0.05, 0.1) is 4.83 Å². The maximum atomic E-state index is 9.03. The Labute approximate surface area is 32.7 Å². The second-order valence-corrected chi connectivity index (χ2v) is 1.09. The van der Waals surface area contributed by atoms with E-state index in [1.165, 1.54) is 0 Å². The molecule has 0 saturated heterocycles. The summed E-state index contributed by atoms with van der Waals surface area (Å²) in [5.41, 5.74) is 0. The predicted molar refractivity (Wildman–Crippen MR) is 20.1 cm³/mol. The van der Waals surface area contributed by atoms with Crippen molar-refractivity contribution in [1.82, 2.24) is 0 Å². The van der Waals surface area contributed by atoms with E-state index in [1.54, 1.807) is 0 Å². The molecule has 0 radical (unpaired) electrons. The van der Waals surface area contributed by atoms with Gasteiger partial charge in [0.25, 0.3) is 0 Å². The first-order valence-electron chi connectivity index (χ1n) is 0.621. The molecular weight excluding hydrogens is 95.5 g/mol. The van der Waals surface area contributed by atoms with Crippen LogP contribution in [0.5, 0.6) is 0 Å². The molecule has 0 bridgehead atoms. The van der Waals surface area contributed by atoms with Crippen molar-refractivity contribution in [2.75, 3.05) is 0 Å². The van der Waals surface area contributed by atoms with Gasteiger partial charge in [-0.05, 0) is 0 Å². The topological polar surface area (TPSA) is 17.1 Å². The maximum absolute atomic E-state index is 9.03. The third-order valence-corrected chi connectivity index (χ3v) is 0.327. The highest BCUT2D eigenvalue weighted by Gasteiger charge is 1.34. The van der Waals surface area contributed by atoms with Gasteiger partial charge >= 0.3 is 0 Å². The molecule has 0 unspecified atom stereocenters. The van der Waals surface area contributed by atoms with Crippen LogP contribution in [0.3, 0.4) is 0 Å². The third kappa shape index (κ3) is 2.18. The highest BCUT2D eigenvalue weighted by atomic mass is 35.5. The van der Waals surface area contributed by atoms with Gasteiger partial charge in [0.1, 0.15) is 11.3 Å². The zero-order chi connectivity index (χ0) is 3.41. The molecular formula is CHClOS. The molecule has 0 N–H and O–H groups in total. The first kappa shape index (κ1) is 4.18. The van der Waals surface area contributed by atoms with E-state index >= 15 is 0 Å². The molecule has 0 aromatic carbocycles. The quantitative estimate of drug-likeness (QED) is 0.311. The lowest BCUT2D eigenvalue weighted by Gasteiger charge is -1.28. The van der Waals surface area contributed by atoms with Crippen molar-refractivity contribution >= 4 is 27.7 Å². The number of halogens is 1. The molecule has 1 nitrogen and oxygen atoms in total. The lowest BCUT2D eigenvalue weighted by molar-refractivity contribution is 0.701. The Bertz CT molecular complexity index is 46.0. The number of rotatable bonds is 0. The normalized spacial score (nSPS) is 5.25. The van der Waals surface area contributed by atoms with Crippen LogP contribution in [0.4, 0.5) is 0 Å². The fraction of sp³-hybridized carbons (Fsp3) is 0. The van der Waals surface area contributed by atoms with Crippen molar-refractivity contribution in [2.24, 2.45) is 0 Å². The lowest BCUT2D eigenvalue weighted by Crippen LogP contribution is -1.35. The van der Waals surface area contributed by atoms with E-state index in [2.05, 4.69) is 0 Å². The molecule has 0 aliphatic rings. The van der Waals surface area contributed by atoms with Crippen LogP contribution in [-0.2, 0) is 11.3 Å². The van der Waals surface area contributed by atoms with Gasteiger partial charge in [-0.1, -0.05) is 11.6 Å². The molecule has 0 amide bonds. The molecule has 0 heterocycles. The van der Waals surface area contributed by atoms with Gasteiger partial charge in [-0.15, -0.1) is 0 Å². The second kappa shape index (κ2) is 3.18. The summed E-state index contributed by atoms with van der Waals surface area (Å²) in [5.74, 6) is 0. The SMILES string of the molecule is O=S=CCl. The average Bonchev–Trinajstić information content (AvgIpc) is 1.37. The summed E-state index contributed by atoms with van der Waals surface area (Å²) in [6, 6.07) is 0. The summed E-state index contributed by atoms with van der Waals surface area (Å²) >= 11 is 4.96. The Morgan fingerprint density at radius 2 is 2.25 bits per heavy atom. The van der Waals surface area contributed by atoms with E-state index in [9.17, 15) is 0 Å². The van der Waals surface area contributed by atoms with E-state index in [0.717, 1.165) is 4.83 Å². The molecule has 0 spiro atoms. The Morgan fingerprint density at radius 1 is 2.00 bits per heavy atom. The van der Waals surface area contributed by atoms with Gasteiger partial charge in [-0.3, -0.25) is 0 Å². The van der Waals surface area contributed by atoms with Crippen molar-refractivity contribution < 1.29 is 4.21 Å². The van der Waals surface area contributed by atoms with Gasteiger partial charge in [0, 0.05) is 0 Å². The van der Waals surface area contributed by atoms with Gasteiger partial charge in [0.2, 0.25) is 0 Å². The summed E-state index contributed by atoms with van der Waals surface area (Å²) in [6.45, 7) is 0. The van der Waals surface area contributed by atoms with Crippen LogP contribution in [0.15, 0.2) is 0 Å². The summed E-state index contributed by atoms with van der Waals surface area (Å²) in [7, 11) is 0. The van der Waals surface area contributed by atoms with E-state index in [4.69, 9.17) is 15.8 Å². The summed E-state index contributed by atoms with van der Waals surface area (Å²) in [4.78, 5) is 0.958. The fourth-order valence-corrected chi connectivity index (χ4v) is 0. The molecule has 4 heavy (non-hydrogen) atoms. The molecule has 0 fully saturated rings. The molecule has 0 rings (SSSR count). The summed E-state index contributed by atoms with van der Waals surface area (Å²) in [5, 5.41) is 0. The number of hydrogen-bond donors (Lipinski definition) is 0. The molecule has 0 saturated carbocycles. The van der Waals surface area contributed by atoms with Crippen LogP contribution >= 0.6 is 11.6 Å². The van der Waals surface area contributed by atoms with E-state index in [-0.39, 0.29) is 11.3 Å². The van der Waals surface area contributed by atoms with E-state index in [0.29, 0.717) is 0 Å². The molecule has 24 valence electrons. The lowest BCUT2D eigenvalue weighted by atomic mass is 11.9. The minimum absolute atomic E-state index is 0.247. The predicted octanol–water partition coefficient (Wildman–Crippen LogP) is 0.198. The van der Waals surface area contributed by atoms with Crippen molar-refractivity contribution in [3.8, 4) is 0 Å². The van der Waals surface area contributed by atoms with Crippen LogP contribution in [0.2, 0.25) is 0 Å². The first-order chi connectivity index (χ1) is 1.91. The maximum Gasteiger partial charge on any atom is 0.101 e. The molecule has 0 aromatic rings. The first-order valence-corrected chi connectivity index (χ1v) is 1.86. The highest BCUT2D eigenvalue weighted by molar-refractivity contribution is 7.67.